The quantitative estimate of drug-likeness (QED) is 0.776. The molecule has 84 valence electrons. The molecule has 0 radical (unpaired) electrons. The molecule has 0 spiro atoms. The molecule has 0 aliphatic carbocycles. The van der Waals surface area contributed by atoms with Gasteiger partial charge in [0.1, 0.15) is 6.26 Å². The summed E-state index contributed by atoms with van der Waals surface area (Å²) in [6.45, 7) is 1.84. The monoisotopic (exact) mass is 257 g/mol. The number of aromatic nitrogens is 1. The van der Waals surface area contributed by atoms with Crippen LogP contribution in [0, 0.1) is 6.92 Å². The van der Waals surface area contributed by atoms with E-state index in [1.807, 2.05) is 6.92 Å². The Bertz CT molecular complexity index is 605. The van der Waals surface area contributed by atoms with Crippen molar-refractivity contribution >= 4 is 19.7 Å². The average molecular weight is 258 g/mol. The third-order valence-corrected chi connectivity index (χ3v) is 3.44. The van der Waals surface area contributed by atoms with E-state index in [1.165, 1.54) is 18.5 Å². The summed E-state index contributed by atoms with van der Waals surface area (Å²) in [7, 11) is 1.53. The summed E-state index contributed by atoms with van der Waals surface area (Å²) in [6.07, 6.45) is 2.82. The van der Waals surface area contributed by atoms with Gasteiger partial charge < -0.3 is 4.42 Å². The van der Waals surface area contributed by atoms with E-state index < -0.39 is 9.05 Å². The molecule has 1 aromatic heterocycles. The Morgan fingerprint density at radius 2 is 2.12 bits per heavy atom. The summed E-state index contributed by atoms with van der Waals surface area (Å²) in [6, 6.07) is 4.78. The third-order valence-electron chi connectivity index (χ3n) is 2.06. The molecule has 16 heavy (non-hydrogen) atoms. The summed E-state index contributed by atoms with van der Waals surface area (Å²) in [4.78, 5) is 3.91. The van der Waals surface area contributed by atoms with Crippen LogP contribution in [0.25, 0.3) is 11.5 Å². The fourth-order valence-corrected chi connectivity index (χ4v) is 2.42. The molecule has 0 atom stereocenters. The zero-order valence-corrected chi connectivity index (χ0v) is 9.92. The van der Waals surface area contributed by atoms with Crippen molar-refractivity contribution in [1.29, 1.82) is 0 Å². The molecule has 0 aliphatic heterocycles. The molecule has 0 N–H and O–H groups in total. The van der Waals surface area contributed by atoms with Crippen LogP contribution < -0.4 is 0 Å². The number of hydrogen-bond donors (Lipinski definition) is 0. The molecule has 0 fully saturated rings. The maximum Gasteiger partial charge on any atom is 0.262 e. The molecule has 0 bridgehead atoms. The zero-order valence-electron chi connectivity index (χ0n) is 8.34. The SMILES string of the molecule is Cc1ccc(S(=O)(=O)Cl)c(-c2ncco2)c1. The first-order chi connectivity index (χ1) is 7.48. The van der Waals surface area contributed by atoms with Gasteiger partial charge in [0.25, 0.3) is 9.05 Å². The Morgan fingerprint density at radius 3 is 2.69 bits per heavy atom. The van der Waals surface area contributed by atoms with Crippen LogP contribution in [0.2, 0.25) is 0 Å². The van der Waals surface area contributed by atoms with Crippen molar-refractivity contribution in [3.8, 4) is 11.5 Å². The highest BCUT2D eigenvalue weighted by Gasteiger charge is 2.19. The van der Waals surface area contributed by atoms with Gasteiger partial charge in [-0.1, -0.05) is 11.6 Å². The fourth-order valence-electron chi connectivity index (χ4n) is 1.38. The molecule has 0 aliphatic rings. The van der Waals surface area contributed by atoms with Crippen LogP contribution in [-0.2, 0) is 9.05 Å². The number of nitrogens with zero attached hydrogens (tertiary/aromatic N) is 1. The highest BCUT2D eigenvalue weighted by molar-refractivity contribution is 8.13. The molecule has 1 aromatic carbocycles. The van der Waals surface area contributed by atoms with Crippen molar-refractivity contribution in [3.05, 3.63) is 36.2 Å². The first kappa shape index (κ1) is 11.2. The van der Waals surface area contributed by atoms with E-state index in [4.69, 9.17) is 15.1 Å². The number of benzene rings is 1. The minimum absolute atomic E-state index is 0.00205. The van der Waals surface area contributed by atoms with Crippen molar-refractivity contribution in [2.75, 3.05) is 0 Å². The Balaban J connectivity index is 2.73. The maximum absolute atomic E-state index is 11.4. The average Bonchev–Trinajstić information content (AvgIpc) is 2.68. The molecule has 1 heterocycles. The van der Waals surface area contributed by atoms with Crippen LogP contribution in [0.5, 0.6) is 0 Å². The topological polar surface area (TPSA) is 60.2 Å². The van der Waals surface area contributed by atoms with E-state index in [1.54, 1.807) is 12.1 Å². The smallest absolute Gasteiger partial charge is 0.262 e. The maximum atomic E-state index is 11.4. The first-order valence-electron chi connectivity index (χ1n) is 4.43. The van der Waals surface area contributed by atoms with Gasteiger partial charge in [-0.3, -0.25) is 0 Å². The van der Waals surface area contributed by atoms with E-state index in [0.29, 0.717) is 5.56 Å². The minimum Gasteiger partial charge on any atom is -0.444 e. The van der Waals surface area contributed by atoms with Crippen molar-refractivity contribution < 1.29 is 12.8 Å². The van der Waals surface area contributed by atoms with E-state index in [-0.39, 0.29) is 10.8 Å². The molecule has 0 unspecified atom stereocenters. The molecule has 0 saturated heterocycles. The lowest BCUT2D eigenvalue weighted by molar-refractivity contribution is 0.571. The van der Waals surface area contributed by atoms with Gasteiger partial charge in [0, 0.05) is 10.7 Å². The molecule has 6 heteroatoms. The van der Waals surface area contributed by atoms with Gasteiger partial charge in [0.05, 0.1) is 16.7 Å². The summed E-state index contributed by atoms with van der Waals surface area (Å²) < 4.78 is 27.8. The summed E-state index contributed by atoms with van der Waals surface area (Å²) >= 11 is 0. The summed E-state index contributed by atoms with van der Waals surface area (Å²) in [5.41, 5.74) is 1.28. The molecular formula is C10H8ClNO3S. The predicted octanol–water partition coefficient (Wildman–Crippen LogP) is 2.58. The number of oxazole rings is 1. The molecule has 2 rings (SSSR count). The second kappa shape index (κ2) is 3.92. The lowest BCUT2D eigenvalue weighted by Crippen LogP contribution is -1.95. The predicted molar refractivity (Wildman–Crippen MR) is 59.7 cm³/mol. The van der Waals surface area contributed by atoms with E-state index in [2.05, 4.69) is 4.98 Å². The van der Waals surface area contributed by atoms with Crippen LogP contribution in [0.3, 0.4) is 0 Å². The highest BCUT2D eigenvalue weighted by atomic mass is 35.7. The lowest BCUT2D eigenvalue weighted by atomic mass is 10.1. The Kier molecular flexibility index (Phi) is 2.73. The van der Waals surface area contributed by atoms with Crippen LogP contribution in [0.15, 0.2) is 40.0 Å². The Labute approximate surface area is 97.3 Å². The first-order valence-corrected chi connectivity index (χ1v) is 6.74. The normalized spacial score (nSPS) is 11.6. The Morgan fingerprint density at radius 1 is 1.38 bits per heavy atom. The van der Waals surface area contributed by atoms with Gasteiger partial charge in [-0.25, -0.2) is 13.4 Å². The van der Waals surface area contributed by atoms with Crippen LogP contribution in [0.1, 0.15) is 5.56 Å². The molecular weight excluding hydrogens is 250 g/mol. The van der Waals surface area contributed by atoms with Gasteiger partial charge in [0.15, 0.2) is 0 Å². The lowest BCUT2D eigenvalue weighted by Gasteiger charge is -2.04. The third kappa shape index (κ3) is 2.10. The van der Waals surface area contributed by atoms with Crippen molar-refractivity contribution in [1.82, 2.24) is 4.98 Å². The highest BCUT2D eigenvalue weighted by Crippen LogP contribution is 2.29. The van der Waals surface area contributed by atoms with E-state index >= 15 is 0 Å². The van der Waals surface area contributed by atoms with Gasteiger partial charge in [-0.15, -0.1) is 0 Å². The number of aryl methyl sites for hydroxylation is 1. The minimum atomic E-state index is -3.80. The van der Waals surface area contributed by atoms with Gasteiger partial charge in [-0.05, 0) is 19.1 Å². The van der Waals surface area contributed by atoms with Crippen LogP contribution in [0.4, 0.5) is 0 Å². The molecule has 0 amide bonds. The molecule has 4 nitrogen and oxygen atoms in total. The van der Waals surface area contributed by atoms with Crippen molar-refractivity contribution in [2.45, 2.75) is 11.8 Å². The van der Waals surface area contributed by atoms with Gasteiger partial charge >= 0.3 is 0 Å². The van der Waals surface area contributed by atoms with Crippen LogP contribution >= 0.6 is 10.7 Å². The Hall–Kier alpha value is -1.33. The van der Waals surface area contributed by atoms with Crippen molar-refractivity contribution in [2.24, 2.45) is 0 Å². The second-order valence-electron chi connectivity index (χ2n) is 3.27. The number of rotatable bonds is 2. The number of halogens is 1. The number of hydrogen-bond acceptors (Lipinski definition) is 4. The van der Waals surface area contributed by atoms with Crippen LogP contribution in [-0.4, -0.2) is 13.4 Å². The molecule has 0 saturated carbocycles. The van der Waals surface area contributed by atoms with Gasteiger partial charge in [0.2, 0.25) is 5.89 Å². The fraction of sp³-hybridized carbons (Fsp3) is 0.100. The molecule has 2 aromatic rings. The largest absolute Gasteiger partial charge is 0.444 e. The standard InChI is InChI=1S/C10H8ClNO3S/c1-7-2-3-9(16(11,13)14)8(6-7)10-12-4-5-15-10/h2-6H,1H3. The zero-order chi connectivity index (χ0) is 11.8. The van der Waals surface area contributed by atoms with Gasteiger partial charge in [-0.2, -0.15) is 0 Å². The van der Waals surface area contributed by atoms with Crippen molar-refractivity contribution in [3.63, 3.8) is 0 Å². The summed E-state index contributed by atoms with van der Waals surface area (Å²) in [5.74, 6) is 0.239. The summed E-state index contributed by atoms with van der Waals surface area (Å²) in [5, 5.41) is 0. The second-order valence-corrected chi connectivity index (χ2v) is 5.81. The van der Waals surface area contributed by atoms with E-state index in [9.17, 15) is 8.42 Å². The van der Waals surface area contributed by atoms with E-state index in [0.717, 1.165) is 5.56 Å².